The van der Waals surface area contributed by atoms with Crippen molar-refractivity contribution in [1.29, 1.82) is 0 Å². The molecule has 6 rings (SSSR count). The summed E-state index contributed by atoms with van der Waals surface area (Å²) in [6.07, 6.45) is 14.0. The quantitative estimate of drug-likeness (QED) is 0.615. The molecule has 0 aromatic rings. The SMILES string of the molecule is C[C@]12CCC3C4=C(CCC3C1C1CC1[C@@]21C=CCO1)CC(=O)CC4. The largest absolute Gasteiger partial charge is 0.366 e. The molecular formula is C22H28O2. The van der Waals surface area contributed by atoms with Crippen LogP contribution >= 0.6 is 0 Å². The number of ketones is 1. The normalized spacial score (nSPS) is 54.5. The first-order chi connectivity index (χ1) is 11.6. The molecule has 2 heteroatoms. The van der Waals surface area contributed by atoms with Gasteiger partial charge in [0.25, 0.3) is 0 Å². The first-order valence-corrected chi connectivity index (χ1v) is 10.2. The van der Waals surface area contributed by atoms with E-state index in [9.17, 15) is 4.79 Å². The summed E-state index contributed by atoms with van der Waals surface area (Å²) in [6.45, 7) is 3.39. The molecule has 0 saturated heterocycles. The first kappa shape index (κ1) is 14.3. The van der Waals surface area contributed by atoms with E-state index >= 15 is 0 Å². The maximum atomic E-state index is 11.9. The maximum absolute atomic E-state index is 11.9. The van der Waals surface area contributed by atoms with Gasteiger partial charge >= 0.3 is 0 Å². The standard InChI is InChI=1S/C22H28O2/c1-21-9-7-16-15-6-4-14(23)11-13(15)3-5-17(16)20(21)18-12-19(18)22(21)8-2-10-24-22/h2,8,16-20H,3-7,9-12H2,1H3/t16?,17?,18?,19?,20?,21-,22-/m0/s1. The Bertz CT molecular complexity index is 688. The Morgan fingerprint density at radius 3 is 2.92 bits per heavy atom. The van der Waals surface area contributed by atoms with Crippen LogP contribution in [0.15, 0.2) is 23.3 Å². The monoisotopic (exact) mass is 324 g/mol. The number of fused-ring (bicyclic) bond motifs is 8. The molecule has 0 amide bonds. The molecule has 3 fully saturated rings. The van der Waals surface area contributed by atoms with Crippen LogP contribution in [0.3, 0.4) is 0 Å². The number of hydrogen-bond acceptors (Lipinski definition) is 2. The van der Waals surface area contributed by atoms with Crippen molar-refractivity contribution in [2.24, 2.45) is 35.0 Å². The van der Waals surface area contributed by atoms with Gasteiger partial charge < -0.3 is 4.74 Å². The molecule has 2 nitrogen and oxygen atoms in total. The van der Waals surface area contributed by atoms with E-state index < -0.39 is 0 Å². The second-order valence-corrected chi connectivity index (χ2v) is 9.65. The maximum Gasteiger partial charge on any atom is 0.137 e. The van der Waals surface area contributed by atoms with Crippen LogP contribution in [0.5, 0.6) is 0 Å². The summed E-state index contributed by atoms with van der Waals surface area (Å²) in [5, 5.41) is 0. The zero-order valence-electron chi connectivity index (χ0n) is 14.7. The zero-order valence-corrected chi connectivity index (χ0v) is 14.7. The Balaban J connectivity index is 1.40. The van der Waals surface area contributed by atoms with E-state index in [1.165, 1.54) is 32.1 Å². The Morgan fingerprint density at radius 2 is 2.08 bits per heavy atom. The van der Waals surface area contributed by atoms with Crippen LogP contribution in [-0.2, 0) is 9.53 Å². The summed E-state index contributed by atoms with van der Waals surface area (Å²) in [5.74, 6) is 4.71. The van der Waals surface area contributed by atoms with E-state index in [1.54, 1.807) is 11.1 Å². The highest BCUT2D eigenvalue weighted by Gasteiger charge is 2.76. The summed E-state index contributed by atoms with van der Waals surface area (Å²) in [4.78, 5) is 11.9. The van der Waals surface area contributed by atoms with Gasteiger partial charge in [-0.3, -0.25) is 4.79 Å². The van der Waals surface area contributed by atoms with E-state index in [0.29, 0.717) is 11.2 Å². The number of carbonyl (C=O) groups is 1. The van der Waals surface area contributed by atoms with E-state index in [1.807, 2.05) is 0 Å². The number of Topliss-reactive ketones (excluding diaryl/α,β-unsaturated/α-hetero) is 1. The van der Waals surface area contributed by atoms with Gasteiger partial charge in [0.15, 0.2) is 0 Å². The summed E-state index contributed by atoms with van der Waals surface area (Å²) in [6, 6.07) is 0. The molecule has 1 heterocycles. The predicted molar refractivity (Wildman–Crippen MR) is 92.3 cm³/mol. The third kappa shape index (κ3) is 1.51. The molecule has 0 bridgehead atoms. The number of hydrogen-bond donors (Lipinski definition) is 0. The molecule has 24 heavy (non-hydrogen) atoms. The Kier molecular flexibility index (Phi) is 2.64. The van der Waals surface area contributed by atoms with Gasteiger partial charge in [-0.05, 0) is 68.1 Å². The zero-order chi connectivity index (χ0) is 16.1. The fraction of sp³-hybridized carbons (Fsp3) is 0.773. The van der Waals surface area contributed by atoms with Gasteiger partial charge in [-0.25, -0.2) is 0 Å². The van der Waals surface area contributed by atoms with Crippen molar-refractivity contribution in [3.05, 3.63) is 23.3 Å². The predicted octanol–water partition coefficient (Wildman–Crippen LogP) is 4.45. The third-order valence-electron chi connectivity index (χ3n) is 8.98. The van der Waals surface area contributed by atoms with Gasteiger partial charge in [-0.15, -0.1) is 0 Å². The topological polar surface area (TPSA) is 26.3 Å². The average molecular weight is 324 g/mol. The van der Waals surface area contributed by atoms with Gasteiger partial charge in [0.05, 0.1) is 12.2 Å². The molecule has 1 spiro atoms. The molecule has 6 aliphatic rings. The fourth-order valence-corrected chi connectivity index (χ4v) is 8.12. The van der Waals surface area contributed by atoms with Gasteiger partial charge in [-0.2, -0.15) is 0 Å². The van der Waals surface area contributed by atoms with Gasteiger partial charge in [0, 0.05) is 18.3 Å². The summed E-state index contributed by atoms with van der Waals surface area (Å²) >= 11 is 0. The lowest BCUT2D eigenvalue weighted by Crippen LogP contribution is -2.53. The molecule has 0 aromatic carbocycles. The second-order valence-electron chi connectivity index (χ2n) is 9.65. The molecule has 1 aliphatic heterocycles. The van der Waals surface area contributed by atoms with Gasteiger partial charge in [-0.1, -0.05) is 30.2 Å². The van der Waals surface area contributed by atoms with Crippen molar-refractivity contribution in [1.82, 2.24) is 0 Å². The van der Waals surface area contributed by atoms with Crippen molar-refractivity contribution >= 4 is 5.78 Å². The highest BCUT2D eigenvalue weighted by molar-refractivity contribution is 5.82. The van der Waals surface area contributed by atoms with Crippen LogP contribution < -0.4 is 0 Å². The van der Waals surface area contributed by atoms with Crippen molar-refractivity contribution in [2.45, 2.75) is 63.9 Å². The number of allylic oxidation sites excluding steroid dienone is 2. The Hall–Kier alpha value is -0.890. The van der Waals surface area contributed by atoms with E-state index in [2.05, 4.69) is 19.1 Å². The number of rotatable bonds is 0. The second kappa shape index (κ2) is 4.44. The minimum atomic E-state index is 0.0739. The van der Waals surface area contributed by atoms with Gasteiger partial charge in [0.1, 0.15) is 5.78 Å². The first-order valence-electron chi connectivity index (χ1n) is 10.2. The van der Waals surface area contributed by atoms with Crippen molar-refractivity contribution in [2.75, 3.05) is 6.61 Å². The fourth-order valence-electron chi connectivity index (χ4n) is 8.12. The van der Waals surface area contributed by atoms with Crippen molar-refractivity contribution in [3.63, 3.8) is 0 Å². The number of ether oxygens (including phenoxy) is 1. The highest BCUT2D eigenvalue weighted by Crippen LogP contribution is 2.77. The number of carbonyl (C=O) groups excluding carboxylic acids is 1. The summed E-state index contributed by atoms with van der Waals surface area (Å²) in [7, 11) is 0. The summed E-state index contributed by atoms with van der Waals surface area (Å²) < 4.78 is 6.46. The Labute approximate surface area is 144 Å². The third-order valence-corrected chi connectivity index (χ3v) is 8.98. The van der Waals surface area contributed by atoms with Crippen LogP contribution in [-0.4, -0.2) is 18.0 Å². The lowest BCUT2D eigenvalue weighted by Gasteiger charge is -2.55. The van der Waals surface area contributed by atoms with Gasteiger partial charge in [0.2, 0.25) is 0 Å². The molecule has 128 valence electrons. The van der Waals surface area contributed by atoms with E-state index in [0.717, 1.165) is 55.5 Å². The molecule has 5 aliphatic carbocycles. The van der Waals surface area contributed by atoms with Crippen LogP contribution in [0.1, 0.15) is 58.3 Å². The van der Waals surface area contributed by atoms with Crippen LogP contribution in [0.25, 0.3) is 0 Å². The summed E-state index contributed by atoms with van der Waals surface area (Å²) in [5.41, 5.74) is 3.71. The van der Waals surface area contributed by atoms with Crippen molar-refractivity contribution in [3.8, 4) is 0 Å². The molecule has 0 radical (unpaired) electrons. The minimum Gasteiger partial charge on any atom is -0.366 e. The van der Waals surface area contributed by atoms with E-state index in [-0.39, 0.29) is 5.60 Å². The van der Waals surface area contributed by atoms with E-state index in [4.69, 9.17) is 4.74 Å². The molecule has 7 atom stereocenters. The molecule has 0 N–H and O–H groups in total. The smallest absolute Gasteiger partial charge is 0.137 e. The molecule has 0 aromatic heterocycles. The van der Waals surface area contributed by atoms with Crippen LogP contribution in [0.2, 0.25) is 0 Å². The van der Waals surface area contributed by atoms with Crippen molar-refractivity contribution < 1.29 is 9.53 Å². The lowest BCUT2D eigenvalue weighted by molar-refractivity contribution is -0.123. The lowest BCUT2D eigenvalue weighted by atomic mass is 9.50. The minimum absolute atomic E-state index is 0.0739. The molecular weight excluding hydrogens is 296 g/mol. The Morgan fingerprint density at radius 1 is 1.17 bits per heavy atom. The van der Waals surface area contributed by atoms with Crippen LogP contribution in [0.4, 0.5) is 0 Å². The molecule has 3 saturated carbocycles. The molecule has 5 unspecified atom stereocenters. The highest BCUT2D eigenvalue weighted by atomic mass is 16.5. The average Bonchev–Trinajstić information content (AvgIpc) is 3.13. The van der Waals surface area contributed by atoms with Crippen LogP contribution in [0, 0.1) is 35.0 Å².